The Kier molecular flexibility index (Phi) is 10.4. The molecule has 0 unspecified atom stereocenters. The maximum absolute atomic E-state index is 13.7. The zero-order valence-electron chi connectivity index (χ0n) is 29.6. The summed E-state index contributed by atoms with van der Waals surface area (Å²) in [6.45, 7) is 0.714. The summed E-state index contributed by atoms with van der Waals surface area (Å²) in [6.07, 6.45) is -6.62. The summed E-state index contributed by atoms with van der Waals surface area (Å²) >= 11 is 0. The lowest BCUT2D eigenvalue weighted by Crippen LogP contribution is -2.53. The number of aliphatic hydroxyl groups excluding tert-OH is 1. The molecule has 2 amide bonds. The van der Waals surface area contributed by atoms with Crippen molar-refractivity contribution < 1.29 is 68.9 Å². The molecule has 3 aromatic carbocycles. The molecule has 0 bridgehead atoms. The second kappa shape index (κ2) is 14.8. The second-order valence-corrected chi connectivity index (χ2v) is 13.7. The van der Waals surface area contributed by atoms with E-state index in [1.807, 2.05) is 5.32 Å². The van der Waals surface area contributed by atoms with E-state index in [9.17, 15) is 63.9 Å². The first-order valence-corrected chi connectivity index (χ1v) is 17.2. The molecule has 296 valence electrons. The summed E-state index contributed by atoms with van der Waals surface area (Å²) in [5, 5.41) is 74.2. The number of ether oxygens (including phenoxy) is 2. The number of fused-ring (bicyclic) bond motifs is 3. The molecule has 6 rings (SSSR count). The topological polar surface area (TPSA) is 325 Å². The number of phenolic OH excluding ortho intramolecular Hbond substituents is 3. The fourth-order valence-corrected chi connectivity index (χ4v) is 7.14. The third-order valence-corrected chi connectivity index (χ3v) is 10.1. The number of hydrogen-bond donors (Lipinski definition) is 10. The molecule has 1 saturated heterocycles. The van der Waals surface area contributed by atoms with Crippen LogP contribution in [0, 0.1) is 0 Å². The minimum absolute atomic E-state index is 0.244. The van der Waals surface area contributed by atoms with Crippen LogP contribution in [0.2, 0.25) is 0 Å². The lowest BCUT2D eigenvalue weighted by molar-refractivity contribution is -0.245. The summed E-state index contributed by atoms with van der Waals surface area (Å²) in [7, 11) is 0. The van der Waals surface area contributed by atoms with Crippen molar-refractivity contribution in [2.24, 2.45) is 0 Å². The Morgan fingerprint density at radius 3 is 2.21 bits per heavy atom. The normalized spacial score (nSPS) is 24.0. The quantitative estimate of drug-likeness (QED) is 0.0560. The number of aromatic hydroxyl groups is 3. The Morgan fingerprint density at radius 1 is 0.893 bits per heavy atom. The van der Waals surface area contributed by atoms with Gasteiger partial charge in [-0.15, -0.1) is 0 Å². The minimum Gasteiger partial charge on any atom is -0.507 e. The van der Waals surface area contributed by atoms with Crippen LogP contribution in [0.25, 0.3) is 0 Å². The second-order valence-electron chi connectivity index (χ2n) is 13.7. The van der Waals surface area contributed by atoms with Crippen LogP contribution in [0.4, 0.5) is 11.4 Å². The first-order chi connectivity index (χ1) is 26.3. The van der Waals surface area contributed by atoms with Gasteiger partial charge in [0, 0.05) is 36.0 Å². The number of carboxylic acid groups (broad SMARTS) is 1. The van der Waals surface area contributed by atoms with Crippen molar-refractivity contribution in [1.29, 1.82) is 0 Å². The average molecular weight is 781 g/mol. The van der Waals surface area contributed by atoms with E-state index in [0.717, 1.165) is 6.92 Å². The van der Waals surface area contributed by atoms with Crippen molar-refractivity contribution in [2.45, 2.75) is 69.4 Å². The van der Waals surface area contributed by atoms with E-state index in [1.54, 1.807) is 0 Å². The summed E-state index contributed by atoms with van der Waals surface area (Å²) in [4.78, 5) is 99.5. The number of anilines is 2. The fourth-order valence-electron chi connectivity index (χ4n) is 7.14. The van der Waals surface area contributed by atoms with Gasteiger partial charge in [-0.05, 0) is 19.9 Å². The number of rotatable bonds is 12. The number of hydrogen-bond acceptors (Lipinski definition) is 17. The van der Waals surface area contributed by atoms with E-state index in [4.69, 9.17) is 14.6 Å². The van der Waals surface area contributed by atoms with Gasteiger partial charge in [-0.25, -0.2) is 0 Å². The number of carbonyl (C=O) groups excluding carboxylic acids is 5. The van der Waals surface area contributed by atoms with Crippen molar-refractivity contribution in [2.75, 3.05) is 30.3 Å². The van der Waals surface area contributed by atoms with Crippen LogP contribution in [0.1, 0.15) is 75.8 Å². The van der Waals surface area contributed by atoms with E-state index in [2.05, 4.69) is 16.0 Å². The molecule has 10 N–H and O–H groups in total. The molecule has 0 aromatic heterocycles. The SMILES string of the molecule is CC(=O)[C@]1(O)Cc2c(O)c3c(c(O)c2[C@@H](O[C@H]2C[C@H](Nc4c(NCC(=O)NCC(=O)NCC(=O)O)c(=O)c4=O)[C@H](O)[C@H](C)O2)C1)C(=O)c1c(O)cccc1C3=O. The summed E-state index contributed by atoms with van der Waals surface area (Å²) in [5.41, 5.74) is -7.19. The van der Waals surface area contributed by atoms with Gasteiger partial charge in [-0.2, -0.15) is 0 Å². The summed E-state index contributed by atoms with van der Waals surface area (Å²) in [6, 6.07) is 2.65. The zero-order valence-corrected chi connectivity index (χ0v) is 29.6. The first kappa shape index (κ1) is 39.5. The lowest BCUT2D eigenvalue weighted by Gasteiger charge is -2.43. The summed E-state index contributed by atoms with van der Waals surface area (Å²) < 4.78 is 12.0. The first-order valence-electron chi connectivity index (χ1n) is 17.2. The third kappa shape index (κ3) is 6.94. The number of Topliss-reactive ketones (excluding diaryl/α,β-unsaturated/α-hetero) is 1. The van der Waals surface area contributed by atoms with Crippen LogP contribution in [-0.2, 0) is 35.1 Å². The molecule has 0 radical (unpaired) electrons. The highest BCUT2D eigenvalue weighted by Crippen LogP contribution is 2.52. The molecule has 1 heterocycles. The zero-order chi connectivity index (χ0) is 41.0. The van der Waals surface area contributed by atoms with Gasteiger partial charge in [-0.1, -0.05) is 12.1 Å². The Hall–Kier alpha value is -6.22. The molecular formula is C36H36N4O16. The number of aliphatic carboxylic acids is 1. The fraction of sp³-hybridized carbons (Fsp3) is 0.389. The van der Waals surface area contributed by atoms with Gasteiger partial charge in [0.2, 0.25) is 17.6 Å². The maximum Gasteiger partial charge on any atom is 0.322 e. The summed E-state index contributed by atoms with van der Waals surface area (Å²) in [5.74, 6) is -7.67. The van der Waals surface area contributed by atoms with E-state index in [-0.39, 0.29) is 34.5 Å². The Bertz CT molecular complexity index is 2280. The van der Waals surface area contributed by atoms with Gasteiger partial charge in [0.05, 0.1) is 48.0 Å². The van der Waals surface area contributed by atoms with Crippen molar-refractivity contribution >= 4 is 46.5 Å². The van der Waals surface area contributed by atoms with Gasteiger partial charge in [0.15, 0.2) is 17.9 Å². The molecule has 56 heavy (non-hydrogen) atoms. The maximum atomic E-state index is 13.7. The van der Waals surface area contributed by atoms with Gasteiger partial charge in [0.1, 0.15) is 46.9 Å². The Labute approximate surface area is 314 Å². The highest BCUT2D eigenvalue weighted by molar-refractivity contribution is 6.31. The van der Waals surface area contributed by atoms with E-state index >= 15 is 0 Å². The van der Waals surface area contributed by atoms with E-state index in [1.165, 1.54) is 25.1 Å². The van der Waals surface area contributed by atoms with Crippen molar-refractivity contribution in [3.63, 3.8) is 0 Å². The van der Waals surface area contributed by atoms with Crippen LogP contribution in [0.5, 0.6) is 17.2 Å². The standard InChI is InChI=1S/C36H36N4O16/c1-12-29(47)16(40-28-27(34(52)35(28)53)39-10-20(44)37-9-19(43)38-11-21(45)46)6-22(55-12)56-18-8-36(54,13(2)41)7-15-24(18)33(51)26-25(31(15)49)30(48)14-4-3-5-17(42)23(14)32(26)50/h3-5,12,16,18,22,29,39-40,42,47,49,51,54H,6-11H2,1-2H3,(H,37,44)(H,38,43)(H,45,46)/t12-,16-,18-,22-,29+,36-/m0/s1. The molecule has 1 aliphatic heterocycles. The van der Waals surface area contributed by atoms with Crippen LogP contribution in [0.3, 0.4) is 0 Å². The minimum atomic E-state index is -2.20. The van der Waals surface area contributed by atoms with E-state index in [0.29, 0.717) is 0 Å². The smallest absolute Gasteiger partial charge is 0.322 e. The largest absolute Gasteiger partial charge is 0.507 e. The molecule has 20 heteroatoms. The molecule has 6 atom stereocenters. The monoisotopic (exact) mass is 780 g/mol. The predicted molar refractivity (Wildman–Crippen MR) is 188 cm³/mol. The lowest BCUT2D eigenvalue weighted by atomic mass is 9.72. The molecular weight excluding hydrogens is 744 g/mol. The van der Waals surface area contributed by atoms with E-state index < -0.39 is 149 Å². The Balaban J connectivity index is 1.24. The molecule has 0 spiro atoms. The third-order valence-electron chi connectivity index (χ3n) is 10.1. The van der Waals surface area contributed by atoms with Gasteiger partial charge < -0.3 is 61.4 Å². The van der Waals surface area contributed by atoms with Crippen molar-refractivity contribution in [3.05, 3.63) is 72.0 Å². The van der Waals surface area contributed by atoms with Crippen molar-refractivity contribution in [1.82, 2.24) is 10.6 Å². The van der Waals surface area contributed by atoms with Crippen LogP contribution in [-0.4, -0.2) is 116 Å². The van der Waals surface area contributed by atoms with Gasteiger partial charge >= 0.3 is 5.97 Å². The number of benzene rings is 2. The van der Waals surface area contributed by atoms with Gasteiger partial charge in [0.25, 0.3) is 10.9 Å². The van der Waals surface area contributed by atoms with Gasteiger partial charge in [-0.3, -0.25) is 38.4 Å². The number of phenols is 3. The average Bonchev–Trinajstić information content (AvgIpc) is 3.14. The molecule has 1 fully saturated rings. The Morgan fingerprint density at radius 2 is 1.54 bits per heavy atom. The number of aliphatic hydroxyl groups is 2. The van der Waals surface area contributed by atoms with Crippen LogP contribution < -0.4 is 32.1 Å². The highest BCUT2D eigenvalue weighted by atomic mass is 16.7. The predicted octanol–water partition coefficient (Wildman–Crippen LogP) is -1.80. The molecule has 0 saturated carbocycles. The molecule has 3 aliphatic rings. The van der Waals surface area contributed by atoms with Crippen LogP contribution in [0.15, 0.2) is 27.8 Å². The molecule has 20 nitrogen and oxygen atoms in total. The van der Waals surface area contributed by atoms with Crippen LogP contribution >= 0.6 is 0 Å². The molecule has 2 aliphatic carbocycles. The molecule has 3 aromatic rings. The number of amides is 2. The van der Waals surface area contributed by atoms with Crippen molar-refractivity contribution in [3.8, 4) is 17.2 Å². The number of ketones is 3. The highest BCUT2D eigenvalue weighted by Gasteiger charge is 2.49. The number of carboxylic acids is 1. The number of nitrogens with one attached hydrogen (secondary N) is 4. The number of carbonyl (C=O) groups is 6.